The van der Waals surface area contributed by atoms with Crippen LogP contribution in [0, 0.1) is 33.5 Å². The third kappa shape index (κ3) is 2.55. The highest BCUT2D eigenvalue weighted by molar-refractivity contribution is 6.00. The van der Waals surface area contributed by atoms with E-state index in [0.29, 0.717) is 0 Å². The number of carbonyl (C=O) groups excluding carboxylic acids is 1. The molecule has 1 aliphatic heterocycles. The van der Waals surface area contributed by atoms with Crippen LogP contribution in [0.3, 0.4) is 0 Å². The molecule has 26 heavy (non-hydrogen) atoms. The third-order valence-corrected chi connectivity index (χ3v) is 4.78. The van der Waals surface area contributed by atoms with Crippen molar-refractivity contribution >= 4 is 5.78 Å². The number of halogens is 3. The molecule has 4 nitrogen and oxygen atoms in total. The fourth-order valence-corrected chi connectivity index (χ4v) is 3.70. The lowest BCUT2D eigenvalue weighted by Crippen LogP contribution is -2.32. The maximum Gasteiger partial charge on any atom is 0.416 e. The molecule has 1 atom stereocenters. The lowest BCUT2D eigenvalue weighted by molar-refractivity contribution is -0.139. The summed E-state index contributed by atoms with van der Waals surface area (Å²) in [5.74, 6) is -0.275. The number of ketones is 1. The molecule has 1 aliphatic carbocycles. The highest BCUT2D eigenvalue weighted by Gasteiger charge is 2.59. The first-order valence-corrected chi connectivity index (χ1v) is 7.98. The second-order valence-electron chi connectivity index (χ2n) is 7.35. The van der Waals surface area contributed by atoms with Gasteiger partial charge in [0.2, 0.25) is 5.41 Å². The number of benzene rings is 1. The minimum atomic E-state index is -4.68. The smallest absolute Gasteiger partial charge is 0.416 e. The first-order chi connectivity index (χ1) is 12.1. The number of Topliss-reactive ketones (excluding diaryl/α,β-unsaturated/α-hetero) is 1. The van der Waals surface area contributed by atoms with E-state index in [9.17, 15) is 28.5 Å². The van der Waals surface area contributed by atoms with Crippen LogP contribution in [-0.4, -0.2) is 5.78 Å². The summed E-state index contributed by atoms with van der Waals surface area (Å²) in [7, 11) is 0. The summed E-state index contributed by atoms with van der Waals surface area (Å²) >= 11 is 0. The molecule has 0 saturated carbocycles. The van der Waals surface area contributed by atoms with Crippen LogP contribution in [0.4, 0.5) is 13.2 Å². The van der Waals surface area contributed by atoms with Crippen molar-refractivity contribution in [3.63, 3.8) is 0 Å². The van der Waals surface area contributed by atoms with E-state index < -0.39 is 34.5 Å². The molecule has 0 fully saturated rings. The largest absolute Gasteiger partial charge is 0.486 e. The predicted octanol–water partition coefficient (Wildman–Crippen LogP) is 4.45. The van der Waals surface area contributed by atoms with Crippen molar-refractivity contribution in [2.45, 2.75) is 39.0 Å². The Morgan fingerprint density at radius 3 is 2.35 bits per heavy atom. The van der Waals surface area contributed by atoms with Crippen molar-refractivity contribution in [1.82, 2.24) is 0 Å². The first kappa shape index (κ1) is 18.0. The molecular weight excluding hydrogens is 345 g/mol. The van der Waals surface area contributed by atoms with Crippen molar-refractivity contribution in [2.24, 2.45) is 10.8 Å². The minimum Gasteiger partial charge on any atom is -0.486 e. The Balaban J connectivity index is 2.21. The zero-order valence-electron chi connectivity index (χ0n) is 14.1. The minimum absolute atomic E-state index is 0.0937. The summed E-state index contributed by atoms with van der Waals surface area (Å²) in [5.41, 5.74) is -3.94. The quantitative estimate of drug-likeness (QED) is 0.741. The molecule has 0 radical (unpaired) electrons. The van der Waals surface area contributed by atoms with Gasteiger partial charge in [0.25, 0.3) is 0 Å². The molecule has 0 saturated heterocycles. The van der Waals surface area contributed by atoms with E-state index in [4.69, 9.17) is 4.74 Å². The summed E-state index contributed by atoms with van der Waals surface area (Å²) in [6.07, 6.45) is -5.79. The van der Waals surface area contributed by atoms with Crippen molar-refractivity contribution < 1.29 is 22.7 Å². The van der Waals surface area contributed by atoms with Crippen molar-refractivity contribution in [2.75, 3.05) is 0 Å². The second kappa shape index (κ2) is 5.60. The molecule has 1 heterocycles. The van der Waals surface area contributed by atoms with Crippen LogP contribution in [0.25, 0.3) is 0 Å². The van der Waals surface area contributed by atoms with Crippen LogP contribution in [0.15, 0.2) is 35.6 Å². The number of nitrogens with zero attached hydrogens (tertiary/aromatic N) is 2. The van der Waals surface area contributed by atoms with Crippen molar-refractivity contribution in [3.8, 4) is 12.1 Å². The summed E-state index contributed by atoms with van der Waals surface area (Å²) in [6.45, 7) is 3.66. The summed E-state index contributed by atoms with van der Waals surface area (Å²) < 4.78 is 46.0. The number of hydrogen-bond acceptors (Lipinski definition) is 4. The van der Waals surface area contributed by atoms with Gasteiger partial charge in [-0.25, -0.2) is 0 Å². The fraction of sp³-hybridized carbons (Fsp3) is 0.421. The van der Waals surface area contributed by atoms with Gasteiger partial charge >= 0.3 is 6.18 Å². The first-order valence-electron chi connectivity index (χ1n) is 7.98. The van der Waals surface area contributed by atoms with E-state index in [1.54, 1.807) is 12.1 Å². The Hall–Kier alpha value is -2.80. The zero-order chi connectivity index (χ0) is 19.3. The van der Waals surface area contributed by atoms with Gasteiger partial charge in [-0.3, -0.25) is 4.79 Å². The Morgan fingerprint density at radius 2 is 1.77 bits per heavy atom. The molecule has 1 aromatic carbocycles. The maximum absolute atomic E-state index is 13.4. The highest BCUT2D eigenvalue weighted by atomic mass is 19.4. The van der Waals surface area contributed by atoms with Crippen LogP contribution < -0.4 is 0 Å². The van der Waals surface area contributed by atoms with Crippen LogP contribution in [0.1, 0.15) is 43.9 Å². The highest BCUT2D eigenvalue weighted by Crippen LogP contribution is 2.57. The third-order valence-electron chi connectivity index (χ3n) is 4.78. The number of hydrogen-bond donors (Lipinski definition) is 0. The maximum atomic E-state index is 13.4. The van der Waals surface area contributed by atoms with Gasteiger partial charge in [-0.15, -0.1) is 0 Å². The van der Waals surface area contributed by atoms with Gasteiger partial charge in [-0.2, -0.15) is 23.7 Å². The van der Waals surface area contributed by atoms with Crippen LogP contribution in [0.2, 0.25) is 0 Å². The van der Waals surface area contributed by atoms with E-state index >= 15 is 0 Å². The number of allylic oxidation sites excluding steroid dienone is 1. The van der Waals surface area contributed by atoms with Crippen molar-refractivity contribution in [1.29, 1.82) is 10.5 Å². The topological polar surface area (TPSA) is 73.9 Å². The van der Waals surface area contributed by atoms with Gasteiger partial charge in [-0.1, -0.05) is 32.0 Å². The Kier molecular flexibility index (Phi) is 3.88. The number of alkyl halides is 3. The molecule has 0 amide bonds. The summed E-state index contributed by atoms with van der Waals surface area (Å²) in [4.78, 5) is 12.6. The van der Waals surface area contributed by atoms with Gasteiger partial charge in [-0.05, 0) is 11.5 Å². The van der Waals surface area contributed by atoms with Crippen LogP contribution in [-0.2, 0) is 15.7 Å². The molecule has 134 valence electrons. The lowest BCUT2D eigenvalue weighted by atomic mass is 9.68. The monoisotopic (exact) mass is 360 g/mol. The van der Waals surface area contributed by atoms with Crippen LogP contribution >= 0.6 is 0 Å². The Bertz CT molecular complexity index is 887. The van der Waals surface area contributed by atoms with Gasteiger partial charge in [0, 0.05) is 18.4 Å². The molecule has 1 unspecified atom stereocenters. The van der Waals surface area contributed by atoms with E-state index in [1.807, 2.05) is 13.8 Å². The standard InChI is InChI=1S/C19H15F3N2O2/c1-17(2)7-13(25)15-14(8-17)26-16(18(15,9-23)10-24)11-5-3-4-6-12(11)19(20,21)22/h3-6,16H,7-8H2,1-2H3. The number of ether oxygens (including phenoxy) is 1. The molecule has 0 aromatic heterocycles. The lowest BCUT2D eigenvalue weighted by Gasteiger charge is -2.29. The van der Waals surface area contributed by atoms with Crippen molar-refractivity contribution in [3.05, 3.63) is 46.7 Å². The average Bonchev–Trinajstić information content (AvgIpc) is 2.87. The Labute approximate surface area is 148 Å². The van der Waals surface area contributed by atoms with Crippen LogP contribution in [0.5, 0.6) is 0 Å². The van der Waals surface area contributed by atoms with E-state index in [0.717, 1.165) is 6.07 Å². The predicted molar refractivity (Wildman–Crippen MR) is 84.0 cm³/mol. The summed E-state index contributed by atoms with van der Waals surface area (Å²) in [5, 5.41) is 19.4. The summed E-state index contributed by atoms with van der Waals surface area (Å²) in [6, 6.07) is 8.23. The molecule has 0 spiro atoms. The Morgan fingerprint density at radius 1 is 1.15 bits per heavy atom. The SMILES string of the molecule is CC1(C)CC(=O)C2=C(C1)OC(c1ccccc1C(F)(F)F)C2(C#N)C#N. The molecule has 3 rings (SSSR count). The zero-order valence-corrected chi connectivity index (χ0v) is 14.1. The number of nitriles is 2. The molecular formula is C19H15F3N2O2. The van der Waals surface area contributed by atoms with Gasteiger partial charge in [0.1, 0.15) is 5.76 Å². The number of carbonyl (C=O) groups is 1. The van der Waals surface area contributed by atoms with E-state index in [2.05, 4.69) is 0 Å². The van der Waals surface area contributed by atoms with Gasteiger partial charge < -0.3 is 4.74 Å². The molecule has 2 aliphatic rings. The normalized spacial score (nSPS) is 23.7. The average molecular weight is 360 g/mol. The van der Waals surface area contributed by atoms with E-state index in [1.165, 1.54) is 18.2 Å². The number of rotatable bonds is 1. The molecule has 7 heteroatoms. The van der Waals surface area contributed by atoms with Gasteiger partial charge in [0.05, 0.1) is 23.3 Å². The molecule has 0 N–H and O–H groups in total. The molecule has 0 bridgehead atoms. The van der Waals surface area contributed by atoms with E-state index in [-0.39, 0.29) is 29.7 Å². The second-order valence-corrected chi connectivity index (χ2v) is 7.35. The molecule has 1 aromatic rings. The van der Waals surface area contributed by atoms with Gasteiger partial charge in [0.15, 0.2) is 11.9 Å². The fourth-order valence-electron chi connectivity index (χ4n) is 3.70.